The Kier molecular flexibility index (Phi) is 10.5. The van der Waals surface area contributed by atoms with Crippen molar-refractivity contribution in [3.63, 3.8) is 0 Å². The zero-order valence-corrected chi connectivity index (χ0v) is 26.6. The smallest absolute Gasteiger partial charge is 0.264 e. The molecule has 41 heavy (non-hydrogen) atoms. The Morgan fingerprint density at radius 2 is 1.59 bits per heavy atom. The van der Waals surface area contributed by atoms with Crippen LogP contribution < -0.4 is 9.62 Å². The van der Waals surface area contributed by atoms with E-state index in [0.717, 1.165) is 9.87 Å². The largest absolute Gasteiger partial charge is 0.350 e. The summed E-state index contributed by atoms with van der Waals surface area (Å²) < 4.78 is 29.2. The highest BCUT2D eigenvalue weighted by atomic mass is 35.5. The number of halogens is 2. The molecule has 1 unspecified atom stereocenters. The van der Waals surface area contributed by atoms with E-state index in [4.69, 9.17) is 23.2 Å². The van der Waals surface area contributed by atoms with Crippen LogP contribution in [0.2, 0.25) is 10.0 Å². The number of benzene rings is 3. The maximum absolute atomic E-state index is 14.2. The van der Waals surface area contributed by atoms with Crippen molar-refractivity contribution in [3.8, 4) is 0 Å². The molecule has 0 fully saturated rings. The van der Waals surface area contributed by atoms with Gasteiger partial charge in [-0.25, -0.2) is 8.42 Å². The van der Waals surface area contributed by atoms with Crippen LogP contribution in [0, 0.1) is 13.8 Å². The third-order valence-electron chi connectivity index (χ3n) is 6.51. The number of carbonyl (C=O) groups is 2. The van der Waals surface area contributed by atoms with Crippen LogP contribution in [0.5, 0.6) is 0 Å². The highest BCUT2D eigenvalue weighted by Gasteiger charge is 2.35. The lowest BCUT2D eigenvalue weighted by Gasteiger charge is -2.35. The molecule has 220 valence electrons. The first-order valence-corrected chi connectivity index (χ1v) is 15.5. The van der Waals surface area contributed by atoms with Gasteiger partial charge in [-0.3, -0.25) is 13.9 Å². The van der Waals surface area contributed by atoms with Crippen LogP contribution in [0.4, 0.5) is 5.69 Å². The number of sulfonamides is 1. The van der Waals surface area contributed by atoms with Crippen LogP contribution in [-0.2, 0) is 26.2 Å². The molecule has 2 amide bonds. The van der Waals surface area contributed by atoms with Gasteiger partial charge in [-0.2, -0.15) is 0 Å². The third kappa shape index (κ3) is 8.24. The fourth-order valence-corrected chi connectivity index (χ4v) is 6.22. The van der Waals surface area contributed by atoms with Crippen molar-refractivity contribution in [2.24, 2.45) is 0 Å². The summed E-state index contributed by atoms with van der Waals surface area (Å²) >= 11 is 12.7. The third-order valence-corrected chi connectivity index (χ3v) is 8.89. The van der Waals surface area contributed by atoms with Crippen LogP contribution in [0.3, 0.4) is 0 Å². The summed E-state index contributed by atoms with van der Waals surface area (Å²) in [5, 5.41) is 3.72. The number of carbonyl (C=O) groups excluding carboxylic acids is 2. The van der Waals surface area contributed by atoms with Gasteiger partial charge in [0.15, 0.2) is 0 Å². The second kappa shape index (κ2) is 13.3. The van der Waals surface area contributed by atoms with Gasteiger partial charge < -0.3 is 10.2 Å². The molecule has 7 nitrogen and oxygen atoms in total. The summed E-state index contributed by atoms with van der Waals surface area (Å²) in [6, 6.07) is 17.5. The zero-order valence-electron chi connectivity index (χ0n) is 24.2. The first kappa shape index (κ1) is 32.4. The molecule has 1 atom stereocenters. The van der Waals surface area contributed by atoms with Gasteiger partial charge in [-0.05, 0) is 82.5 Å². The first-order valence-electron chi connectivity index (χ1n) is 13.3. The van der Waals surface area contributed by atoms with Crippen molar-refractivity contribution >= 4 is 50.7 Å². The molecular formula is C31H37Cl2N3O4S. The maximum Gasteiger partial charge on any atom is 0.264 e. The monoisotopic (exact) mass is 617 g/mol. The number of hydrogen-bond acceptors (Lipinski definition) is 4. The molecule has 3 aromatic carbocycles. The van der Waals surface area contributed by atoms with Gasteiger partial charge in [-0.15, -0.1) is 0 Å². The molecule has 10 heteroatoms. The van der Waals surface area contributed by atoms with Crippen molar-refractivity contribution in [1.82, 2.24) is 10.2 Å². The average Bonchev–Trinajstić information content (AvgIpc) is 2.88. The van der Waals surface area contributed by atoms with E-state index in [1.54, 1.807) is 55.5 Å². The molecule has 0 saturated carbocycles. The van der Waals surface area contributed by atoms with E-state index in [0.29, 0.717) is 27.6 Å². The number of nitrogens with zero attached hydrogens (tertiary/aromatic N) is 2. The number of amides is 2. The molecule has 0 aliphatic carbocycles. The number of rotatable bonds is 10. The fourth-order valence-electron chi connectivity index (χ4n) is 4.38. The summed E-state index contributed by atoms with van der Waals surface area (Å²) in [6.45, 7) is 10.4. The minimum absolute atomic E-state index is 0.0154. The molecule has 0 heterocycles. The molecule has 0 saturated heterocycles. The minimum Gasteiger partial charge on any atom is -0.350 e. The van der Waals surface area contributed by atoms with Crippen molar-refractivity contribution < 1.29 is 18.0 Å². The molecule has 0 aliphatic rings. The van der Waals surface area contributed by atoms with E-state index in [2.05, 4.69) is 5.32 Å². The fraction of sp³-hybridized carbons (Fsp3) is 0.355. The number of hydrogen-bond donors (Lipinski definition) is 1. The Balaban J connectivity index is 2.13. The topological polar surface area (TPSA) is 86.8 Å². The van der Waals surface area contributed by atoms with Gasteiger partial charge in [0.25, 0.3) is 10.0 Å². The molecule has 1 N–H and O–H groups in total. The van der Waals surface area contributed by atoms with Gasteiger partial charge in [-0.1, -0.05) is 72.1 Å². The minimum atomic E-state index is -4.20. The Hall–Kier alpha value is -3.07. The van der Waals surface area contributed by atoms with Gasteiger partial charge in [0.2, 0.25) is 11.8 Å². The molecule has 0 bridgehead atoms. The van der Waals surface area contributed by atoms with E-state index in [1.165, 1.54) is 23.1 Å². The van der Waals surface area contributed by atoms with Crippen molar-refractivity contribution in [3.05, 3.63) is 93.5 Å². The Morgan fingerprint density at radius 3 is 2.17 bits per heavy atom. The number of anilines is 1. The normalized spacial score (nSPS) is 12.5. The van der Waals surface area contributed by atoms with Gasteiger partial charge >= 0.3 is 0 Å². The van der Waals surface area contributed by atoms with E-state index >= 15 is 0 Å². The van der Waals surface area contributed by atoms with Crippen molar-refractivity contribution in [2.75, 3.05) is 10.8 Å². The van der Waals surface area contributed by atoms with Crippen LogP contribution >= 0.6 is 23.2 Å². The van der Waals surface area contributed by atoms with E-state index in [1.807, 2.05) is 34.6 Å². The van der Waals surface area contributed by atoms with Crippen molar-refractivity contribution in [2.45, 2.75) is 71.0 Å². The Labute approximate surface area is 253 Å². The lowest BCUT2D eigenvalue weighted by molar-refractivity contribution is -0.141. The highest BCUT2D eigenvalue weighted by molar-refractivity contribution is 7.92. The predicted molar refractivity (Wildman–Crippen MR) is 166 cm³/mol. The lowest BCUT2D eigenvalue weighted by Crippen LogP contribution is -2.55. The van der Waals surface area contributed by atoms with E-state index in [9.17, 15) is 18.0 Å². The van der Waals surface area contributed by atoms with Crippen LogP contribution in [-0.4, -0.2) is 43.3 Å². The number of aryl methyl sites for hydroxylation is 2. The van der Waals surface area contributed by atoms with Crippen LogP contribution in [0.1, 0.15) is 50.8 Å². The van der Waals surface area contributed by atoms with E-state index < -0.39 is 34.1 Å². The SMILES string of the molecule is CCC(C(=O)NC(C)(C)C)N(Cc1ccccc1Cl)C(=O)CN(c1cc(Cl)ccc1C)S(=O)(=O)c1ccc(C)cc1. The molecule has 0 spiro atoms. The quantitative estimate of drug-likeness (QED) is 0.280. The summed E-state index contributed by atoms with van der Waals surface area (Å²) in [5.41, 5.74) is 1.88. The Bertz CT molecular complexity index is 1500. The molecular weight excluding hydrogens is 581 g/mol. The van der Waals surface area contributed by atoms with Crippen LogP contribution in [0.25, 0.3) is 0 Å². The second-order valence-corrected chi connectivity index (χ2v) is 13.7. The average molecular weight is 619 g/mol. The molecule has 0 aliphatic heterocycles. The summed E-state index contributed by atoms with van der Waals surface area (Å²) in [4.78, 5) is 29.1. The Morgan fingerprint density at radius 1 is 0.951 bits per heavy atom. The molecule has 3 aromatic rings. The van der Waals surface area contributed by atoms with Crippen LogP contribution in [0.15, 0.2) is 71.6 Å². The standard InChI is InChI=1S/C31H37Cl2N3O4S/c1-7-27(30(38)34-31(4,5)6)35(19-23-10-8-9-11-26(23)33)29(37)20-36(28-18-24(32)15-14-22(28)3)41(39,40)25-16-12-21(2)13-17-25/h8-18,27H,7,19-20H2,1-6H3,(H,34,38). The predicted octanol–water partition coefficient (Wildman–Crippen LogP) is 6.53. The molecule has 3 rings (SSSR count). The summed E-state index contributed by atoms with van der Waals surface area (Å²) in [5.74, 6) is -0.900. The zero-order chi connectivity index (χ0) is 30.5. The number of nitrogens with one attached hydrogen (secondary N) is 1. The molecule has 0 radical (unpaired) electrons. The second-order valence-electron chi connectivity index (χ2n) is 11.0. The maximum atomic E-state index is 14.2. The van der Waals surface area contributed by atoms with Gasteiger partial charge in [0, 0.05) is 22.1 Å². The summed E-state index contributed by atoms with van der Waals surface area (Å²) in [6.07, 6.45) is 0.305. The van der Waals surface area contributed by atoms with Gasteiger partial charge in [0.05, 0.1) is 10.6 Å². The lowest BCUT2D eigenvalue weighted by atomic mass is 10.1. The molecule has 0 aromatic heterocycles. The van der Waals surface area contributed by atoms with E-state index in [-0.39, 0.29) is 23.0 Å². The van der Waals surface area contributed by atoms with Crippen molar-refractivity contribution in [1.29, 1.82) is 0 Å². The summed E-state index contributed by atoms with van der Waals surface area (Å²) in [7, 11) is -4.20. The van der Waals surface area contributed by atoms with Gasteiger partial charge in [0.1, 0.15) is 12.6 Å². The highest BCUT2D eigenvalue weighted by Crippen LogP contribution is 2.30. The first-order chi connectivity index (χ1) is 19.1.